The number of benzene rings is 2. The molecular weight excluding hydrogens is 575 g/mol. The molecule has 4 aromatic rings. The fourth-order valence-corrected chi connectivity index (χ4v) is 4.92. The van der Waals surface area contributed by atoms with Crippen LogP contribution < -0.4 is 4.90 Å². The third-order valence-electron chi connectivity index (χ3n) is 6.91. The van der Waals surface area contributed by atoms with Gasteiger partial charge < -0.3 is 14.7 Å². The summed E-state index contributed by atoms with van der Waals surface area (Å²) in [6.45, 7) is 11.8. The van der Waals surface area contributed by atoms with Gasteiger partial charge in [0.25, 0.3) is 0 Å². The smallest absolute Gasteiger partial charge is 0.337 e. The fraction of sp³-hybridized carbons (Fsp3) is 0.457. The van der Waals surface area contributed by atoms with Crippen molar-refractivity contribution in [2.24, 2.45) is 0 Å². The molecule has 8 heteroatoms. The minimum Gasteiger partial charge on any atom is -0.479 e. The summed E-state index contributed by atoms with van der Waals surface area (Å²) >= 11 is 0. The molecule has 0 unspecified atom stereocenters. The van der Waals surface area contributed by atoms with Gasteiger partial charge in [-0.1, -0.05) is 101 Å². The predicted molar refractivity (Wildman–Crippen MR) is 173 cm³/mol. The summed E-state index contributed by atoms with van der Waals surface area (Å²) in [5, 5.41) is 14.9. The Morgan fingerprint density at radius 1 is 0.907 bits per heavy atom. The molecule has 2 aromatic carbocycles. The van der Waals surface area contributed by atoms with Crippen LogP contribution in [0.1, 0.15) is 90.5 Å². The van der Waals surface area contributed by atoms with E-state index >= 15 is 0 Å². The molecule has 0 fully saturated rings. The first-order valence-electron chi connectivity index (χ1n) is 15.1. The van der Waals surface area contributed by atoms with Gasteiger partial charge in [0, 0.05) is 50.0 Å². The topological polar surface area (TPSA) is 80.0 Å². The summed E-state index contributed by atoms with van der Waals surface area (Å²) in [6.07, 6.45) is 7.31. The number of aryl methyl sites for hydroxylation is 1. The minimum atomic E-state index is -1.18. The van der Waals surface area contributed by atoms with Gasteiger partial charge in [0.15, 0.2) is 11.8 Å². The van der Waals surface area contributed by atoms with Crippen LogP contribution >= 0.6 is 0 Å². The number of hydrogen-bond acceptors (Lipinski definition) is 5. The Bertz CT molecular complexity index is 1440. The normalized spacial score (nSPS) is 11.8. The van der Waals surface area contributed by atoms with E-state index in [0.717, 1.165) is 22.4 Å². The standard InChI is InChI=1S/C27H30N4O3.C8H18.V/c1-17-23(24(26(32)33)34-27(2,3)4)25(30(5)6)31-22(28-17)16-21(29-31)20-14-10-13-19(15-20)18-11-8-7-9-12-18;1-3-5-7-8-6-4-2;/h7-16,24H,1-6H3,(H,32,33);3-8H2,1-2H3;/t24-;;/m0../s1. The summed E-state index contributed by atoms with van der Waals surface area (Å²) in [7, 11) is 3.73. The molecule has 1 atom stereocenters. The molecule has 0 saturated carbocycles. The van der Waals surface area contributed by atoms with E-state index in [1.165, 1.54) is 38.5 Å². The monoisotopic (exact) mass is 623 g/mol. The van der Waals surface area contributed by atoms with E-state index in [2.05, 4.69) is 38.1 Å². The molecule has 1 radical (unpaired) electrons. The Hall–Kier alpha value is -3.13. The molecule has 0 bridgehead atoms. The molecule has 43 heavy (non-hydrogen) atoms. The first-order chi connectivity index (χ1) is 20.0. The number of unbranched alkanes of at least 4 members (excludes halogenated alkanes) is 5. The van der Waals surface area contributed by atoms with E-state index < -0.39 is 17.7 Å². The first kappa shape index (κ1) is 36.1. The van der Waals surface area contributed by atoms with Crippen LogP contribution in [0.3, 0.4) is 0 Å². The molecule has 7 nitrogen and oxygen atoms in total. The predicted octanol–water partition coefficient (Wildman–Crippen LogP) is 8.74. The van der Waals surface area contributed by atoms with E-state index in [9.17, 15) is 9.90 Å². The third-order valence-corrected chi connectivity index (χ3v) is 6.91. The maximum absolute atomic E-state index is 12.2. The molecule has 0 amide bonds. The Morgan fingerprint density at radius 3 is 2.02 bits per heavy atom. The number of aromatic nitrogens is 3. The van der Waals surface area contributed by atoms with E-state index in [-0.39, 0.29) is 18.6 Å². The number of rotatable bonds is 11. The van der Waals surface area contributed by atoms with Gasteiger partial charge in [0.1, 0.15) is 5.82 Å². The minimum absolute atomic E-state index is 0. The molecule has 2 aromatic heterocycles. The van der Waals surface area contributed by atoms with Gasteiger partial charge in [0.05, 0.1) is 16.9 Å². The molecule has 0 spiro atoms. The molecular formula is C35H48N4O3V. The van der Waals surface area contributed by atoms with Crippen molar-refractivity contribution in [1.29, 1.82) is 0 Å². The second-order valence-electron chi connectivity index (χ2n) is 11.9. The number of carboxylic acid groups (broad SMARTS) is 1. The number of fused-ring (bicyclic) bond motifs is 1. The van der Waals surface area contributed by atoms with E-state index in [0.29, 0.717) is 22.7 Å². The van der Waals surface area contributed by atoms with Gasteiger partial charge >= 0.3 is 5.97 Å². The average molecular weight is 624 g/mol. The molecule has 0 aliphatic heterocycles. The zero-order chi connectivity index (χ0) is 30.9. The van der Waals surface area contributed by atoms with Crippen LogP contribution in [0, 0.1) is 6.92 Å². The van der Waals surface area contributed by atoms with Crippen molar-refractivity contribution in [3.63, 3.8) is 0 Å². The van der Waals surface area contributed by atoms with E-state index in [4.69, 9.17) is 14.8 Å². The van der Waals surface area contributed by atoms with Crippen LogP contribution in [0.4, 0.5) is 5.82 Å². The van der Waals surface area contributed by atoms with Gasteiger partial charge in [-0.05, 0) is 44.9 Å². The summed E-state index contributed by atoms with van der Waals surface area (Å²) in [4.78, 5) is 18.8. The molecule has 4 rings (SSSR count). The third kappa shape index (κ3) is 9.95. The molecule has 1 N–H and O–H groups in total. The van der Waals surface area contributed by atoms with Gasteiger partial charge in [-0.2, -0.15) is 9.61 Å². The first-order valence-corrected chi connectivity index (χ1v) is 15.1. The van der Waals surface area contributed by atoms with Crippen LogP contribution in [0.5, 0.6) is 0 Å². The fourth-order valence-electron chi connectivity index (χ4n) is 4.92. The molecule has 0 aliphatic carbocycles. The van der Waals surface area contributed by atoms with Crippen LogP contribution in [0.15, 0.2) is 60.7 Å². The van der Waals surface area contributed by atoms with Crippen molar-refractivity contribution in [2.45, 2.75) is 91.8 Å². The van der Waals surface area contributed by atoms with Crippen molar-refractivity contribution in [3.05, 3.63) is 71.9 Å². The quantitative estimate of drug-likeness (QED) is 0.168. The average Bonchev–Trinajstić information content (AvgIpc) is 3.37. The SMILES string of the molecule is CCCCCCCC.Cc1nc2cc(-c3cccc(-c4ccccc4)c3)nn2c(N(C)C)c1[C@H](OC(C)(C)C)C(=O)O.[V]. The number of anilines is 1. The van der Waals surface area contributed by atoms with Crippen LogP contribution in [-0.4, -0.2) is 45.4 Å². The van der Waals surface area contributed by atoms with Crippen molar-refractivity contribution >= 4 is 17.4 Å². The van der Waals surface area contributed by atoms with E-state index in [1.54, 1.807) is 4.52 Å². The summed E-state index contributed by atoms with van der Waals surface area (Å²) in [6, 6.07) is 20.3. The number of carboxylic acids is 1. The summed E-state index contributed by atoms with van der Waals surface area (Å²) < 4.78 is 7.66. The second-order valence-corrected chi connectivity index (χ2v) is 11.9. The molecule has 0 saturated heterocycles. The van der Waals surface area contributed by atoms with Gasteiger partial charge in [-0.25, -0.2) is 9.78 Å². The number of aliphatic carboxylic acids is 1. The van der Waals surface area contributed by atoms with Crippen molar-refractivity contribution in [2.75, 3.05) is 19.0 Å². The van der Waals surface area contributed by atoms with Crippen molar-refractivity contribution in [1.82, 2.24) is 14.6 Å². The number of nitrogens with zero attached hydrogens (tertiary/aromatic N) is 4. The Morgan fingerprint density at radius 2 is 1.49 bits per heavy atom. The zero-order valence-electron chi connectivity index (χ0n) is 27.1. The second kappa shape index (κ2) is 16.6. The van der Waals surface area contributed by atoms with Crippen molar-refractivity contribution in [3.8, 4) is 22.4 Å². The number of carbonyl (C=O) groups is 1. The molecule has 0 aliphatic rings. The molecule has 2 heterocycles. The van der Waals surface area contributed by atoms with Crippen LogP contribution in [-0.2, 0) is 28.1 Å². The maximum Gasteiger partial charge on any atom is 0.337 e. The number of hydrogen-bond donors (Lipinski definition) is 1. The van der Waals surface area contributed by atoms with Gasteiger partial charge in [-0.15, -0.1) is 0 Å². The Kier molecular flexibility index (Phi) is 14.0. The number of ether oxygens (including phenoxy) is 1. The zero-order valence-corrected chi connectivity index (χ0v) is 28.5. The largest absolute Gasteiger partial charge is 0.479 e. The summed E-state index contributed by atoms with van der Waals surface area (Å²) in [5.41, 5.74) is 5.01. The van der Waals surface area contributed by atoms with Gasteiger partial charge in [-0.3, -0.25) is 0 Å². The Labute approximate surface area is 269 Å². The van der Waals surface area contributed by atoms with Crippen LogP contribution in [0.25, 0.3) is 28.0 Å². The van der Waals surface area contributed by atoms with E-state index in [1.807, 2.05) is 83.1 Å². The Balaban J connectivity index is 0.000000632. The molecule has 231 valence electrons. The maximum atomic E-state index is 12.2. The van der Waals surface area contributed by atoms with Crippen molar-refractivity contribution < 1.29 is 33.2 Å². The summed E-state index contributed by atoms with van der Waals surface area (Å²) in [5.74, 6) is -0.435. The van der Waals surface area contributed by atoms with Gasteiger partial charge in [0.2, 0.25) is 0 Å². The van der Waals surface area contributed by atoms with Crippen LogP contribution in [0.2, 0.25) is 0 Å².